The quantitative estimate of drug-likeness (QED) is 0.814. The molecule has 82 valence electrons. The number of pyridine rings is 1. The normalized spacial score (nSPS) is 24.3. The van der Waals surface area contributed by atoms with Crippen molar-refractivity contribution in [1.82, 2.24) is 9.88 Å². The first-order valence-corrected chi connectivity index (χ1v) is 5.68. The zero-order chi connectivity index (χ0) is 10.7. The van der Waals surface area contributed by atoms with Gasteiger partial charge in [-0.3, -0.25) is 9.88 Å². The highest BCUT2D eigenvalue weighted by Crippen LogP contribution is 2.32. The van der Waals surface area contributed by atoms with Gasteiger partial charge < -0.3 is 5.73 Å². The summed E-state index contributed by atoms with van der Waals surface area (Å²) in [4.78, 5) is 6.69. The molecule has 15 heavy (non-hydrogen) atoms. The minimum atomic E-state index is 0.470. The molecule has 0 amide bonds. The fourth-order valence-corrected chi connectivity index (χ4v) is 2.38. The number of nitrogens with two attached hydrogens (primary N) is 1. The lowest BCUT2D eigenvalue weighted by Gasteiger charge is -2.29. The Balaban J connectivity index is 2.15. The van der Waals surface area contributed by atoms with E-state index in [0.717, 1.165) is 13.1 Å². The van der Waals surface area contributed by atoms with E-state index in [-0.39, 0.29) is 0 Å². The first-order chi connectivity index (χ1) is 7.33. The Morgan fingerprint density at radius 3 is 3.20 bits per heavy atom. The summed E-state index contributed by atoms with van der Waals surface area (Å²) < 4.78 is 0. The molecule has 3 nitrogen and oxygen atoms in total. The summed E-state index contributed by atoms with van der Waals surface area (Å²) in [6.07, 6.45) is 6.31. The molecular weight excluding hydrogens is 186 g/mol. The van der Waals surface area contributed by atoms with E-state index in [1.54, 1.807) is 0 Å². The lowest BCUT2D eigenvalue weighted by atomic mass is 10.1. The van der Waals surface area contributed by atoms with E-state index in [1.165, 1.54) is 18.4 Å². The Hall–Kier alpha value is -0.930. The van der Waals surface area contributed by atoms with Gasteiger partial charge in [0, 0.05) is 31.0 Å². The molecular formula is C12H19N3. The van der Waals surface area contributed by atoms with Crippen LogP contribution in [0.5, 0.6) is 0 Å². The molecule has 1 aliphatic rings. The Kier molecular flexibility index (Phi) is 3.34. The van der Waals surface area contributed by atoms with Crippen LogP contribution < -0.4 is 5.73 Å². The molecule has 2 atom stereocenters. The summed E-state index contributed by atoms with van der Waals surface area (Å²) in [5, 5.41) is 0. The molecule has 2 unspecified atom stereocenters. The molecule has 3 heteroatoms. The van der Waals surface area contributed by atoms with E-state index in [4.69, 9.17) is 5.73 Å². The van der Waals surface area contributed by atoms with Gasteiger partial charge in [0.15, 0.2) is 0 Å². The van der Waals surface area contributed by atoms with Gasteiger partial charge in [0.25, 0.3) is 0 Å². The van der Waals surface area contributed by atoms with Crippen LogP contribution in [0.15, 0.2) is 24.5 Å². The maximum atomic E-state index is 5.73. The highest BCUT2D eigenvalue weighted by molar-refractivity contribution is 5.15. The maximum absolute atomic E-state index is 5.73. The highest BCUT2D eigenvalue weighted by Gasteiger charge is 2.28. The zero-order valence-corrected chi connectivity index (χ0v) is 9.26. The van der Waals surface area contributed by atoms with Gasteiger partial charge in [0.2, 0.25) is 0 Å². The zero-order valence-electron chi connectivity index (χ0n) is 9.26. The summed E-state index contributed by atoms with van der Waals surface area (Å²) >= 11 is 0. The van der Waals surface area contributed by atoms with Gasteiger partial charge in [0.05, 0.1) is 0 Å². The van der Waals surface area contributed by atoms with Gasteiger partial charge in [-0.1, -0.05) is 6.07 Å². The summed E-state index contributed by atoms with van der Waals surface area (Å²) in [6, 6.07) is 5.17. The second kappa shape index (κ2) is 4.73. The number of aromatic nitrogens is 1. The fourth-order valence-electron chi connectivity index (χ4n) is 2.38. The minimum absolute atomic E-state index is 0.470. The predicted molar refractivity (Wildman–Crippen MR) is 61.4 cm³/mol. The first-order valence-electron chi connectivity index (χ1n) is 5.68. The SMILES string of the molecule is CC(CN)N1CCCC1c1cccnc1. The molecule has 2 heterocycles. The van der Waals surface area contributed by atoms with Crippen LogP contribution in [-0.4, -0.2) is 29.0 Å². The van der Waals surface area contributed by atoms with Crippen molar-refractivity contribution in [2.24, 2.45) is 5.73 Å². The van der Waals surface area contributed by atoms with Crippen molar-refractivity contribution in [3.05, 3.63) is 30.1 Å². The van der Waals surface area contributed by atoms with Crippen LogP contribution in [0.25, 0.3) is 0 Å². The van der Waals surface area contributed by atoms with E-state index in [9.17, 15) is 0 Å². The van der Waals surface area contributed by atoms with Crippen LogP contribution in [0.2, 0.25) is 0 Å². The lowest BCUT2D eigenvalue weighted by molar-refractivity contribution is 0.197. The Labute approximate surface area is 91.3 Å². The molecule has 1 aromatic heterocycles. The van der Waals surface area contributed by atoms with E-state index in [1.807, 2.05) is 18.5 Å². The number of hydrogen-bond acceptors (Lipinski definition) is 3. The molecule has 1 fully saturated rings. The third kappa shape index (κ3) is 2.19. The number of likely N-dealkylation sites (tertiary alicyclic amines) is 1. The molecule has 2 N–H and O–H groups in total. The van der Waals surface area contributed by atoms with Gasteiger partial charge in [-0.25, -0.2) is 0 Å². The van der Waals surface area contributed by atoms with Crippen molar-refractivity contribution in [1.29, 1.82) is 0 Å². The maximum Gasteiger partial charge on any atom is 0.0367 e. The topological polar surface area (TPSA) is 42.1 Å². The van der Waals surface area contributed by atoms with Crippen molar-refractivity contribution in [2.75, 3.05) is 13.1 Å². The van der Waals surface area contributed by atoms with Gasteiger partial charge >= 0.3 is 0 Å². The molecule has 0 bridgehead atoms. The minimum Gasteiger partial charge on any atom is -0.329 e. The van der Waals surface area contributed by atoms with E-state index in [2.05, 4.69) is 22.9 Å². The van der Waals surface area contributed by atoms with Crippen LogP contribution in [0, 0.1) is 0 Å². The van der Waals surface area contributed by atoms with E-state index in [0.29, 0.717) is 12.1 Å². The van der Waals surface area contributed by atoms with Crippen molar-refractivity contribution >= 4 is 0 Å². The van der Waals surface area contributed by atoms with Crippen molar-refractivity contribution in [3.8, 4) is 0 Å². The molecule has 1 aromatic rings. The van der Waals surface area contributed by atoms with Crippen LogP contribution in [0.1, 0.15) is 31.4 Å². The van der Waals surface area contributed by atoms with Crippen LogP contribution in [0.4, 0.5) is 0 Å². The molecule has 2 rings (SSSR count). The highest BCUT2D eigenvalue weighted by atomic mass is 15.2. The number of rotatable bonds is 3. The van der Waals surface area contributed by atoms with E-state index < -0.39 is 0 Å². The molecule has 1 saturated heterocycles. The summed E-state index contributed by atoms with van der Waals surface area (Å²) in [6.45, 7) is 4.10. The predicted octanol–water partition coefficient (Wildman–Crippen LogP) is 1.57. The average molecular weight is 205 g/mol. The summed E-state index contributed by atoms with van der Waals surface area (Å²) in [5.74, 6) is 0. The summed E-state index contributed by atoms with van der Waals surface area (Å²) in [5.41, 5.74) is 7.06. The number of nitrogens with zero attached hydrogens (tertiary/aromatic N) is 2. The largest absolute Gasteiger partial charge is 0.329 e. The van der Waals surface area contributed by atoms with Gasteiger partial charge in [-0.15, -0.1) is 0 Å². The second-order valence-electron chi connectivity index (χ2n) is 4.27. The van der Waals surface area contributed by atoms with E-state index >= 15 is 0 Å². The molecule has 0 spiro atoms. The van der Waals surface area contributed by atoms with Gasteiger partial charge in [0.1, 0.15) is 0 Å². The summed E-state index contributed by atoms with van der Waals surface area (Å²) in [7, 11) is 0. The molecule has 0 aliphatic carbocycles. The fraction of sp³-hybridized carbons (Fsp3) is 0.583. The van der Waals surface area contributed by atoms with Crippen LogP contribution in [0.3, 0.4) is 0 Å². The molecule has 0 aromatic carbocycles. The Bertz CT molecular complexity index is 299. The van der Waals surface area contributed by atoms with Crippen LogP contribution >= 0.6 is 0 Å². The molecule has 0 saturated carbocycles. The Morgan fingerprint density at radius 2 is 2.53 bits per heavy atom. The standard InChI is InChI=1S/C12H19N3/c1-10(8-13)15-7-3-5-12(15)11-4-2-6-14-9-11/h2,4,6,9-10,12H,3,5,7-8,13H2,1H3. The van der Waals surface area contributed by atoms with Crippen molar-refractivity contribution in [3.63, 3.8) is 0 Å². The second-order valence-corrected chi connectivity index (χ2v) is 4.27. The average Bonchev–Trinajstić information content (AvgIpc) is 2.78. The number of hydrogen-bond donors (Lipinski definition) is 1. The molecule has 0 radical (unpaired) electrons. The third-order valence-corrected chi connectivity index (χ3v) is 3.27. The first kappa shape index (κ1) is 10.6. The van der Waals surface area contributed by atoms with Gasteiger partial charge in [-0.05, 0) is 37.9 Å². The van der Waals surface area contributed by atoms with Crippen LogP contribution in [-0.2, 0) is 0 Å². The monoisotopic (exact) mass is 205 g/mol. The van der Waals surface area contributed by atoms with Crippen molar-refractivity contribution < 1.29 is 0 Å². The van der Waals surface area contributed by atoms with Crippen molar-refractivity contribution in [2.45, 2.75) is 31.8 Å². The smallest absolute Gasteiger partial charge is 0.0367 e. The lowest BCUT2D eigenvalue weighted by Crippen LogP contribution is -2.37. The molecule has 1 aliphatic heterocycles. The Morgan fingerprint density at radius 1 is 1.67 bits per heavy atom. The van der Waals surface area contributed by atoms with Gasteiger partial charge in [-0.2, -0.15) is 0 Å². The third-order valence-electron chi connectivity index (χ3n) is 3.27.